The molecule has 7 heteroatoms. The van der Waals surface area contributed by atoms with Crippen LogP contribution in [0, 0.1) is 6.92 Å². The standard InChI is InChI=1S/C13H13F2NO2S2/c1-9-7-19-8-10(9)6-16-11-4-2-3-5-12(11)20(17,18)13(14)15/h2-5,7-8,13,16H,6H2,1H3. The van der Waals surface area contributed by atoms with Crippen molar-refractivity contribution in [3.8, 4) is 0 Å². The third-order valence-corrected chi connectivity index (χ3v) is 5.21. The number of nitrogens with one attached hydrogen (secondary N) is 1. The number of sulfone groups is 1. The molecule has 0 radical (unpaired) electrons. The number of alkyl halides is 2. The number of thiophene rings is 1. The molecule has 0 aliphatic carbocycles. The van der Waals surface area contributed by atoms with Crippen LogP contribution in [0.15, 0.2) is 39.9 Å². The van der Waals surface area contributed by atoms with Crippen LogP contribution in [-0.4, -0.2) is 14.2 Å². The fraction of sp³-hybridized carbons (Fsp3) is 0.231. The maximum atomic E-state index is 12.6. The maximum Gasteiger partial charge on any atom is 0.341 e. The van der Waals surface area contributed by atoms with E-state index in [1.807, 2.05) is 17.7 Å². The molecule has 0 aliphatic heterocycles. The quantitative estimate of drug-likeness (QED) is 0.915. The van der Waals surface area contributed by atoms with Crippen molar-refractivity contribution < 1.29 is 17.2 Å². The second kappa shape index (κ2) is 5.88. The Morgan fingerprint density at radius 3 is 2.55 bits per heavy atom. The Kier molecular flexibility index (Phi) is 4.39. The third kappa shape index (κ3) is 2.99. The van der Waals surface area contributed by atoms with Gasteiger partial charge in [0.1, 0.15) is 0 Å². The first kappa shape index (κ1) is 14.9. The molecular formula is C13H13F2NO2S2. The molecule has 0 atom stereocenters. The molecule has 0 spiro atoms. The Hall–Kier alpha value is -1.47. The fourth-order valence-corrected chi connectivity index (χ4v) is 3.48. The smallest absolute Gasteiger partial charge is 0.341 e. The second-order valence-electron chi connectivity index (χ2n) is 4.24. The number of hydrogen-bond donors (Lipinski definition) is 1. The topological polar surface area (TPSA) is 46.2 Å². The normalized spacial score (nSPS) is 11.8. The minimum atomic E-state index is -4.60. The van der Waals surface area contributed by atoms with Gasteiger partial charge in [0.05, 0.1) is 10.6 Å². The lowest BCUT2D eigenvalue weighted by molar-refractivity contribution is 0.235. The van der Waals surface area contributed by atoms with E-state index in [-0.39, 0.29) is 10.6 Å². The van der Waals surface area contributed by atoms with Crippen molar-refractivity contribution in [1.29, 1.82) is 0 Å². The molecule has 0 amide bonds. The molecule has 0 unspecified atom stereocenters. The van der Waals surface area contributed by atoms with Gasteiger partial charge in [-0.1, -0.05) is 12.1 Å². The van der Waals surface area contributed by atoms with Crippen molar-refractivity contribution >= 4 is 26.9 Å². The van der Waals surface area contributed by atoms with Crippen LogP contribution in [0.4, 0.5) is 14.5 Å². The maximum absolute atomic E-state index is 12.6. The second-order valence-corrected chi connectivity index (χ2v) is 6.87. The van der Waals surface area contributed by atoms with Gasteiger partial charge in [0.15, 0.2) is 0 Å². The zero-order chi connectivity index (χ0) is 14.8. The van der Waals surface area contributed by atoms with Crippen molar-refractivity contribution in [3.05, 3.63) is 46.2 Å². The summed E-state index contributed by atoms with van der Waals surface area (Å²) in [6.45, 7) is 2.33. The summed E-state index contributed by atoms with van der Waals surface area (Å²) in [4.78, 5) is -0.372. The number of anilines is 1. The van der Waals surface area contributed by atoms with Crippen molar-refractivity contribution in [2.75, 3.05) is 5.32 Å². The number of rotatable bonds is 5. The van der Waals surface area contributed by atoms with E-state index in [2.05, 4.69) is 5.32 Å². The first-order valence-electron chi connectivity index (χ1n) is 5.79. The van der Waals surface area contributed by atoms with Crippen molar-refractivity contribution in [2.45, 2.75) is 24.1 Å². The van der Waals surface area contributed by atoms with Gasteiger partial charge >= 0.3 is 5.76 Å². The van der Waals surface area contributed by atoms with E-state index in [0.29, 0.717) is 6.54 Å². The summed E-state index contributed by atoms with van der Waals surface area (Å²) < 4.78 is 48.5. The molecule has 20 heavy (non-hydrogen) atoms. The van der Waals surface area contributed by atoms with Crippen molar-refractivity contribution in [1.82, 2.24) is 0 Å². The number of aryl methyl sites for hydroxylation is 1. The average Bonchev–Trinajstić information content (AvgIpc) is 2.82. The molecule has 1 N–H and O–H groups in total. The number of hydrogen-bond acceptors (Lipinski definition) is 4. The zero-order valence-corrected chi connectivity index (χ0v) is 12.3. The Balaban J connectivity index is 2.28. The Bertz CT molecular complexity index is 696. The van der Waals surface area contributed by atoms with Crippen molar-refractivity contribution in [3.63, 3.8) is 0 Å². The van der Waals surface area contributed by atoms with Crippen LogP contribution in [0.1, 0.15) is 11.1 Å². The van der Waals surface area contributed by atoms with Crippen LogP contribution in [0.3, 0.4) is 0 Å². The van der Waals surface area contributed by atoms with E-state index in [0.717, 1.165) is 11.1 Å². The minimum absolute atomic E-state index is 0.193. The van der Waals surface area contributed by atoms with Gasteiger partial charge in [-0.2, -0.15) is 20.1 Å². The monoisotopic (exact) mass is 317 g/mol. The summed E-state index contributed by atoms with van der Waals surface area (Å²) in [5.74, 6) is -3.42. The lowest BCUT2D eigenvalue weighted by atomic mass is 10.2. The summed E-state index contributed by atoms with van der Waals surface area (Å²) in [5, 5.41) is 6.82. The Labute approximate surface area is 120 Å². The summed E-state index contributed by atoms with van der Waals surface area (Å²) in [6, 6.07) is 5.70. The van der Waals surface area contributed by atoms with Gasteiger partial charge in [0.25, 0.3) is 0 Å². The van der Waals surface area contributed by atoms with Crippen molar-refractivity contribution in [2.24, 2.45) is 0 Å². The molecule has 0 fully saturated rings. The van der Waals surface area contributed by atoms with E-state index >= 15 is 0 Å². The van der Waals surface area contributed by atoms with Gasteiger partial charge in [-0.3, -0.25) is 0 Å². The SMILES string of the molecule is Cc1cscc1CNc1ccccc1S(=O)(=O)C(F)F. The van der Waals surface area contributed by atoms with Crippen LogP contribution in [0.2, 0.25) is 0 Å². The third-order valence-electron chi connectivity index (χ3n) is 2.86. The number of halogens is 2. The molecule has 0 saturated carbocycles. The summed E-state index contributed by atoms with van der Waals surface area (Å²) >= 11 is 1.54. The van der Waals surface area contributed by atoms with Crippen LogP contribution in [0.5, 0.6) is 0 Å². The first-order chi connectivity index (χ1) is 9.43. The van der Waals surface area contributed by atoms with Gasteiger partial charge in [-0.05, 0) is 40.9 Å². The molecular weight excluding hydrogens is 304 g/mol. The summed E-state index contributed by atoms with van der Waals surface area (Å²) in [6.07, 6.45) is 0. The van der Waals surface area contributed by atoms with Gasteiger partial charge in [-0.15, -0.1) is 0 Å². The van der Waals surface area contributed by atoms with Gasteiger partial charge in [0, 0.05) is 6.54 Å². The Morgan fingerprint density at radius 1 is 1.25 bits per heavy atom. The predicted octanol–water partition coefficient (Wildman–Crippen LogP) is 3.66. The minimum Gasteiger partial charge on any atom is -0.380 e. The number of benzene rings is 1. The zero-order valence-electron chi connectivity index (χ0n) is 10.6. The highest BCUT2D eigenvalue weighted by Gasteiger charge is 2.28. The molecule has 108 valence electrons. The lowest BCUT2D eigenvalue weighted by Gasteiger charge is -2.12. The molecule has 0 saturated heterocycles. The van der Waals surface area contributed by atoms with Crippen LogP contribution >= 0.6 is 11.3 Å². The molecule has 2 aromatic rings. The highest BCUT2D eigenvalue weighted by Crippen LogP contribution is 2.27. The fourth-order valence-electron chi connectivity index (χ4n) is 1.72. The lowest BCUT2D eigenvalue weighted by Crippen LogP contribution is -2.14. The van der Waals surface area contributed by atoms with Crippen LogP contribution < -0.4 is 5.32 Å². The first-order valence-corrected chi connectivity index (χ1v) is 8.28. The van der Waals surface area contributed by atoms with Crippen LogP contribution in [-0.2, 0) is 16.4 Å². The largest absolute Gasteiger partial charge is 0.380 e. The van der Waals surface area contributed by atoms with E-state index in [4.69, 9.17) is 0 Å². The van der Waals surface area contributed by atoms with Gasteiger partial charge in [0.2, 0.25) is 9.84 Å². The van der Waals surface area contributed by atoms with E-state index in [9.17, 15) is 17.2 Å². The van der Waals surface area contributed by atoms with E-state index in [1.54, 1.807) is 6.07 Å². The highest BCUT2D eigenvalue weighted by atomic mass is 32.2. The van der Waals surface area contributed by atoms with Gasteiger partial charge < -0.3 is 5.32 Å². The molecule has 2 rings (SSSR count). The van der Waals surface area contributed by atoms with E-state index in [1.165, 1.54) is 29.5 Å². The molecule has 3 nitrogen and oxygen atoms in total. The van der Waals surface area contributed by atoms with Crippen LogP contribution in [0.25, 0.3) is 0 Å². The molecule has 1 heterocycles. The van der Waals surface area contributed by atoms with Gasteiger partial charge in [-0.25, -0.2) is 8.42 Å². The molecule has 0 aliphatic rings. The molecule has 1 aromatic heterocycles. The summed E-state index contributed by atoms with van der Waals surface area (Å²) in [7, 11) is -4.60. The summed E-state index contributed by atoms with van der Waals surface area (Å²) in [5.41, 5.74) is 2.29. The molecule has 0 bridgehead atoms. The highest BCUT2D eigenvalue weighted by molar-refractivity contribution is 7.91. The molecule has 1 aromatic carbocycles. The predicted molar refractivity (Wildman–Crippen MR) is 76.0 cm³/mol. The average molecular weight is 317 g/mol. The number of para-hydroxylation sites is 1. The van der Waals surface area contributed by atoms with E-state index < -0.39 is 15.6 Å². The Morgan fingerprint density at radius 2 is 1.95 bits per heavy atom.